The van der Waals surface area contributed by atoms with Gasteiger partial charge in [-0.1, -0.05) is 53.2 Å². The van der Waals surface area contributed by atoms with Gasteiger partial charge in [-0.3, -0.25) is 4.79 Å². The number of rotatable bonds is 7. The zero-order valence-corrected chi connectivity index (χ0v) is 38.7. The molecular weight excluding hydrogens is 836 g/mol. The number of aliphatic hydroxyl groups is 10. The third kappa shape index (κ3) is 7.23. The van der Waals surface area contributed by atoms with Crippen molar-refractivity contribution >= 4 is 5.97 Å². The summed E-state index contributed by atoms with van der Waals surface area (Å²) in [5.74, 6) is -1.05. The summed E-state index contributed by atoms with van der Waals surface area (Å²) in [5, 5.41) is 108. The molecule has 0 radical (unpaired) electrons. The highest BCUT2D eigenvalue weighted by Gasteiger charge is 2.72. The summed E-state index contributed by atoms with van der Waals surface area (Å²) < 4.78 is 36.0. The van der Waals surface area contributed by atoms with Crippen molar-refractivity contribution in [3.63, 3.8) is 0 Å². The average Bonchev–Trinajstić information content (AvgIpc) is 3.24. The molecule has 8 rings (SSSR count). The van der Waals surface area contributed by atoms with Crippen molar-refractivity contribution < 1.29 is 84.3 Å². The molecule has 4 saturated carbocycles. The Hall–Kier alpha value is -1.39. The zero-order chi connectivity index (χ0) is 46.9. The van der Waals surface area contributed by atoms with Crippen LogP contribution in [0.15, 0.2) is 11.6 Å². The van der Waals surface area contributed by atoms with E-state index in [0.717, 1.165) is 31.3 Å². The van der Waals surface area contributed by atoms with Crippen molar-refractivity contribution in [1.29, 1.82) is 0 Å². The summed E-state index contributed by atoms with van der Waals surface area (Å²) in [6.45, 7) is 16.0. The Morgan fingerprint density at radius 1 is 0.719 bits per heavy atom. The molecule has 17 nitrogen and oxygen atoms in total. The van der Waals surface area contributed by atoms with Crippen LogP contribution in [0, 0.1) is 50.7 Å². The lowest BCUT2D eigenvalue weighted by molar-refractivity contribution is -0.361. The molecule has 8 aliphatic rings. The van der Waals surface area contributed by atoms with E-state index in [1.165, 1.54) is 6.92 Å². The van der Waals surface area contributed by atoms with Gasteiger partial charge in [-0.15, -0.1) is 0 Å². The van der Waals surface area contributed by atoms with Crippen molar-refractivity contribution in [3.05, 3.63) is 11.6 Å². The van der Waals surface area contributed by atoms with Gasteiger partial charge >= 0.3 is 5.97 Å². The summed E-state index contributed by atoms with van der Waals surface area (Å²) in [7, 11) is 0. The van der Waals surface area contributed by atoms with Crippen LogP contribution in [0.2, 0.25) is 0 Å². The molecule has 0 aromatic rings. The summed E-state index contributed by atoms with van der Waals surface area (Å²) in [6, 6.07) is 0. The topological polar surface area (TPSA) is 275 Å². The number of fused-ring (bicyclic) bond motifs is 7. The maximum Gasteiger partial charge on any atom is 0.315 e. The molecule has 0 aromatic carbocycles. The Morgan fingerprint density at radius 3 is 2.09 bits per heavy atom. The van der Waals surface area contributed by atoms with Crippen molar-refractivity contribution in [3.8, 4) is 0 Å². The van der Waals surface area contributed by atoms with Crippen LogP contribution in [0.4, 0.5) is 0 Å². The first kappa shape index (κ1) is 49.0. The highest BCUT2D eigenvalue weighted by Crippen LogP contribution is 2.76. The highest BCUT2D eigenvalue weighted by molar-refractivity contribution is 5.79. The molecule has 17 heteroatoms. The van der Waals surface area contributed by atoms with E-state index in [9.17, 15) is 51.1 Å². The van der Waals surface area contributed by atoms with Gasteiger partial charge in [0.05, 0.1) is 36.4 Å². The molecule has 0 spiro atoms. The molecule has 0 amide bonds. The molecule has 7 fully saturated rings. The lowest BCUT2D eigenvalue weighted by Gasteiger charge is -2.72. The van der Waals surface area contributed by atoms with Crippen LogP contribution in [0.3, 0.4) is 0 Å². The summed E-state index contributed by atoms with van der Waals surface area (Å²) in [4.78, 5) is 15.2. The molecule has 24 atom stereocenters. The first-order valence-corrected chi connectivity index (χ1v) is 23.7. The van der Waals surface area contributed by atoms with Gasteiger partial charge in [-0.05, 0) is 111 Å². The normalized spacial score (nSPS) is 56.1. The summed E-state index contributed by atoms with van der Waals surface area (Å²) >= 11 is 0. The van der Waals surface area contributed by atoms with Crippen LogP contribution in [0.1, 0.15) is 113 Å². The van der Waals surface area contributed by atoms with Crippen LogP contribution >= 0.6 is 0 Å². The molecular formula is C47H76O17. The lowest BCUT2D eigenvalue weighted by atomic mass is 9.33. The van der Waals surface area contributed by atoms with Crippen LogP contribution < -0.4 is 0 Å². The minimum absolute atomic E-state index is 0.123. The van der Waals surface area contributed by atoms with Crippen molar-refractivity contribution in [2.75, 3.05) is 13.2 Å². The largest absolute Gasteiger partial charge is 0.432 e. The molecule has 64 heavy (non-hydrogen) atoms. The van der Waals surface area contributed by atoms with Gasteiger partial charge in [0.15, 0.2) is 18.7 Å². The zero-order valence-electron chi connectivity index (χ0n) is 38.7. The minimum atomic E-state index is -1.80. The van der Waals surface area contributed by atoms with Gasteiger partial charge in [0.25, 0.3) is 0 Å². The van der Waals surface area contributed by atoms with E-state index >= 15 is 4.79 Å². The van der Waals surface area contributed by atoms with E-state index in [4.69, 9.17) is 28.4 Å². The average molecular weight is 913 g/mol. The maximum absolute atomic E-state index is 15.2. The lowest BCUT2D eigenvalue weighted by Crippen LogP contribution is -2.68. The van der Waals surface area contributed by atoms with Crippen LogP contribution in [0.5, 0.6) is 0 Å². The smallest absolute Gasteiger partial charge is 0.315 e. The van der Waals surface area contributed by atoms with Crippen LogP contribution in [0.25, 0.3) is 0 Å². The van der Waals surface area contributed by atoms with Crippen molar-refractivity contribution in [1.82, 2.24) is 0 Å². The predicted octanol–water partition coefficient (Wildman–Crippen LogP) is 0.778. The van der Waals surface area contributed by atoms with E-state index in [0.29, 0.717) is 32.1 Å². The Bertz CT molecular complexity index is 1760. The minimum Gasteiger partial charge on any atom is -0.432 e. The fourth-order valence-electron chi connectivity index (χ4n) is 14.9. The van der Waals surface area contributed by atoms with Gasteiger partial charge in [-0.2, -0.15) is 0 Å². The van der Waals surface area contributed by atoms with Crippen molar-refractivity contribution in [2.45, 2.75) is 211 Å². The Balaban J connectivity index is 1.09. The van der Waals surface area contributed by atoms with E-state index in [-0.39, 0.29) is 46.7 Å². The fourth-order valence-corrected chi connectivity index (χ4v) is 14.9. The third-order valence-corrected chi connectivity index (χ3v) is 19.3. The van der Waals surface area contributed by atoms with Crippen LogP contribution in [-0.4, -0.2) is 168 Å². The predicted molar refractivity (Wildman–Crippen MR) is 224 cm³/mol. The second-order valence-electron chi connectivity index (χ2n) is 22.7. The molecule has 3 heterocycles. The highest BCUT2D eigenvalue weighted by atomic mass is 16.8. The SMILES string of the molecule is CC1OC(OC2C(OC(=O)C34CCC(C)C(C)(O)C3C3=CCC5C6(C)CCC(OC7OCC(O)C(O)C7O)C(C)(C)C6CCC5(C)C3(C)CC4)OC(CO)C(O)C2O)C(O)C(O)C1O. The number of hydrogen-bond acceptors (Lipinski definition) is 17. The first-order chi connectivity index (χ1) is 29.8. The first-order valence-electron chi connectivity index (χ1n) is 23.7. The molecule has 5 aliphatic carbocycles. The number of allylic oxidation sites excluding steroid dienone is 1. The van der Waals surface area contributed by atoms with Gasteiger partial charge in [-0.25, -0.2) is 0 Å². The van der Waals surface area contributed by atoms with E-state index < -0.39 is 121 Å². The number of esters is 1. The number of aliphatic hydroxyl groups excluding tert-OH is 9. The maximum atomic E-state index is 15.2. The van der Waals surface area contributed by atoms with E-state index in [1.807, 2.05) is 13.8 Å². The standard InChI is InChI=1S/C47H76O17/c1-21-11-16-47(41(57)64-40-36(33(54)31(52)25(19-48)61-40)63-39-35(56)32(53)29(50)22(2)60-39)18-17-44(6)23(37(47)46(21,8)58)9-10-27-43(5)14-13-28(42(3,4)26(43)12-15-45(27,44)7)62-38-34(55)30(51)24(49)20-59-38/h9,21-22,24-40,48-56,58H,10-20H2,1-8H3. The van der Waals surface area contributed by atoms with E-state index in [2.05, 4.69) is 40.7 Å². The fraction of sp³-hybridized carbons (Fsp3) is 0.936. The van der Waals surface area contributed by atoms with Gasteiger partial charge in [0.2, 0.25) is 6.29 Å². The number of carbonyl (C=O) groups excluding carboxylic acids is 1. The summed E-state index contributed by atoms with van der Waals surface area (Å²) in [6.07, 6.45) is -12.7. The molecule has 0 aromatic heterocycles. The van der Waals surface area contributed by atoms with Crippen molar-refractivity contribution in [2.24, 2.45) is 50.7 Å². The van der Waals surface area contributed by atoms with Crippen LogP contribution in [-0.2, 0) is 33.2 Å². The molecule has 3 saturated heterocycles. The second-order valence-corrected chi connectivity index (χ2v) is 22.7. The Morgan fingerprint density at radius 2 is 1.41 bits per heavy atom. The quantitative estimate of drug-likeness (QED) is 0.0960. The Kier molecular flexibility index (Phi) is 13.0. The third-order valence-electron chi connectivity index (χ3n) is 19.3. The molecule has 10 N–H and O–H groups in total. The molecule has 3 aliphatic heterocycles. The number of carbonyl (C=O) groups is 1. The molecule has 0 bridgehead atoms. The monoisotopic (exact) mass is 913 g/mol. The number of ether oxygens (including phenoxy) is 6. The van der Waals surface area contributed by atoms with E-state index in [1.54, 1.807) is 0 Å². The Labute approximate surface area is 376 Å². The summed E-state index contributed by atoms with van der Waals surface area (Å²) in [5.41, 5.74) is -2.67. The van der Waals surface area contributed by atoms with Gasteiger partial charge in [0.1, 0.15) is 54.9 Å². The second kappa shape index (κ2) is 16.9. The molecule has 366 valence electrons. The van der Waals surface area contributed by atoms with Gasteiger partial charge < -0.3 is 79.5 Å². The van der Waals surface area contributed by atoms with Gasteiger partial charge in [0, 0.05) is 5.92 Å². The molecule has 24 unspecified atom stereocenters. The number of hydrogen-bond donors (Lipinski definition) is 10.